The van der Waals surface area contributed by atoms with Gasteiger partial charge in [0.15, 0.2) is 0 Å². The van der Waals surface area contributed by atoms with Crippen molar-refractivity contribution in [2.45, 2.75) is 69.9 Å². The Kier molecular flexibility index (Phi) is 5.02. The number of H-pyrrole nitrogens is 1. The number of amides is 1. The monoisotopic (exact) mass is 408 g/mol. The summed E-state index contributed by atoms with van der Waals surface area (Å²) in [5.41, 5.74) is 1.83. The second kappa shape index (κ2) is 7.83. The standard InChI is InChI=1S/C22H28N6O2/c1-13-23-20(28(27-13)22-25-16-8-4-5-9-17(16)26-22)15-10-11-19(29)18(12-15)24-21(30)14-6-2-3-7-14/h4-5,8-9,14-15,18-19,29H,2-3,6-7,10-12H2,1H3,(H,24,30)(H,25,26)/t15-,18+,19+/m0/s1. The van der Waals surface area contributed by atoms with Crippen LogP contribution in [-0.2, 0) is 4.79 Å². The first-order valence-electron chi connectivity index (χ1n) is 11.0. The topological polar surface area (TPSA) is 109 Å². The Balaban J connectivity index is 1.39. The Morgan fingerprint density at radius 2 is 1.97 bits per heavy atom. The number of hydrogen-bond acceptors (Lipinski definition) is 5. The molecule has 2 saturated carbocycles. The van der Waals surface area contributed by atoms with E-state index < -0.39 is 6.10 Å². The Morgan fingerprint density at radius 3 is 2.77 bits per heavy atom. The van der Waals surface area contributed by atoms with E-state index in [4.69, 9.17) is 4.98 Å². The zero-order valence-electron chi connectivity index (χ0n) is 17.2. The fourth-order valence-corrected chi connectivity index (χ4v) is 4.92. The van der Waals surface area contributed by atoms with Crippen LogP contribution >= 0.6 is 0 Å². The molecule has 5 rings (SSSR count). The van der Waals surface area contributed by atoms with Gasteiger partial charge in [-0.3, -0.25) is 4.79 Å². The van der Waals surface area contributed by atoms with E-state index in [1.54, 1.807) is 4.68 Å². The number of rotatable bonds is 4. The molecule has 2 fully saturated rings. The highest BCUT2D eigenvalue weighted by Gasteiger charge is 2.35. The number of aryl methyl sites for hydroxylation is 1. The lowest BCUT2D eigenvalue weighted by Gasteiger charge is -2.34. The zero-order valence-corrected chi connectivity index (χ0v) is 17.2. The summed E-state index contributed by atoms with van der Waals surface area (Å²) in [7, 11) is 0. The maximum Gasteiger partial charge on any atom is 0.230 e. The van der Waals surface area contributed by atoms with Crippen molar-refractivity contribution in [3.63, 3.8) is 0 Å². The lowest BCUT2D eigenvalue weighted by molar-refractivity contribution is -0.126. The number of nitrogens with one attached hydrogen (secondary N) is 2. The van der Waals surface area contributed by atoms with Gasteiger partial charge in [0, 0.05) is 11.8 Å². The number of aliphatic hydroxyl groups is 1. The highest BCUT2D eigenvalue weighted by atomic mass is 16.3. The molecule has 0 aliphatic heterocycles. The Labute approximate surface area is 175 Å². The first-order chi connectivity index (χ1) is 14.6. The summed E-state index contributed by atoms with van der Waals surface area (Å²) in [5.74, 6) is 2.44. The number of hydrogen-bond donors (Lipinski definition) is 3. The predicted octanol–water partition coefficient (Wildman–Crippen LogP) is 2.76. The molecule has 0 bridgehead atoms. The van der Waals surface area contributed by atoms with Crippen LogP contribution in [0.2, 0.25) is 0 Å². The third-order valence-corrected chi connectivity index (χ3v) is 6.55. The highest BCUT2D eigenvalue weighted by Crippen LogP contribution is 2.34. The molecule has 2 heterocycles. The normalized spacial score (nSPS) is 25.1. The molecule has 0 radical (unpaired) electrons. The molecule has 30 heavy (non-hydrogen) atoms. The molecular weight excluding hydrogens is 380 g/mol. The fourth-order valence-electron chi connectivity index (χ4n) is 4.92. The molecule has 0 spiro atoms. The van der Waals surface area contributed by atoms with Crippen molar-refractivity contribution in [1.82, 2.24) is 30.0 Å². The van der Waals surface area contributed by atoms with E-state index in [1.807, 2.05) is 31.2 Å². The molecule has 2 aliphatic carbocycles. The van der Waals surface area contributed by atoms with Crippen molar-refractivity contribution < 1.29 is 9.90 Å². The minimum atomic E-state index is -0.518. The van der Waals surface area contributed by atoms with Crippen LogP contribution in [0.4, 0.5) is 0 Å². The third kappa shape index (κ3) is 3.60. The van der Waals surface area contributed by atoms with E-state index in [1.165, 1.54) is 0 Å². The minimum absolute atomic E-state index is 0.0899. The van der Waals surface area contributed by atoms with Gasteiger partial charge in [0.25, 0.3) is 0 Å². The van der Waals surface area contributed by atoms with Gasteiger partial charge in [0.2, 0.25) is 11.9 Å². The van der Waals surface area contributed by atoms with Gasteiger partial charge in [-0.1, -0.05) is 25.0 Å². The smallest absolute Gasteiger partial charge is 0.230 e. The average molecular weight is 409 g/mol. The molecule has 0 saturated heterocycles. The van der Waals surface area contributed by atoms with Crippen LogP contribution in [0, 0.1) is 12.8 Å². The molecule has 8 heteroatoms. The number of imidazole rings is 1. The number of fused-ring (bicyclic) bond motifs is 1. The van der Waals surface area contributed by atoms with E-state index in [0.717, 1.165) is 49.0 Å². The Bertz CT molecular complexity index is 1020. The average Bonchev–Trinajstić information content (AvgIpc) is 3.48. The summed E-state index contributed by atoms with van der Waals surface area (Å²) < 4.78 is 1.79. The minimum Gasteiger partial charge on any atom is -0.391 e. The maximum absolute atomic E-state index is 12.6. The van der Waals surface area contributed by atoms with Gasteiger partial charge in [-0.2, -0.15) is 4.68 Å². The van der Waals surface area contributed by atoms with Crippen molar-refractivity contribution >= 4 is 16.9 Å². The van der Waals surface area contributed by atoms with Crippen molar-refractivity contribution in [2.75, 3.05) is 0 Å². The van der Waals surface area contributed by atoms with Crippen LogP contribution < -0.4 is 5.32 Å². The molecule has 158 valence electrons. The van der Waals surface area contributed by atoms with Crippen molar-refractivity contribution in [3.8, 4) is 5.95 Å². The molecule has 3 aromatic rings. The molecule has 8 nitrogen and oxygen atoms in total. The van der Waals surface area contributed by atoms with Crippen LogP contribution in [0.3, 0.4) is 0 Å². The molecule has 2 aromatic heterocycles. The molecule has 1 amide bonds. The molecule has 0 unspecified atom stereocenters. The summed E-state index contributed by atoms with van der Waals surface area (Å²) in [6.45, 7) is 1.87. The molecular formula is C22H28N6O2. The van der Waals surface area contributed by atoms with Crippen LogP contribution in [0.15, 0.2) is 24.3 Å². The van der Waals surface area contributed by atoms with Crippen LogP contribution in [0.25, 0.3) is 17.0 Å². The van der Waals surface area contributed by atoms with Crippen molar-refractivity contribution in [1.29, 1.82) is 0 Å². The summed E-state index contributed by atoms with van der Waals surface area (Å²) in [6.07, 6.45) is 5.71. The van der Waals surface area contributed by atoms with E-state index in [0.29, 0.717) is 24.6 Å². The van der Waals surface area contributed by atoms with Gasteiger partial charge >= 0.3 is 0 Å². The van der Waals surface area contributed by atoms with Crippen molar-refractivity contribution in [2.24, 2.45) is 5.92 Å². The highest BCUT2D eigenvalue weighted by molar-refractivity contribution is 5.79. The number of aliphatic hydroxyl groups excluding tert-OH is 1. The number of aromatic nitrogens is 5. The molecule has 1 aromatic carbocycles. The lowest BCUT2D eigenvalue weighted by atomic mass is 9.83. The molecule has 2 aliphatic rings. The maximum atomic E-state index is 12.6. The van der Waals surface area contributed by atoms with E-state index in [-0.39, 0.29) is 23.8 Å². The largest absolute Gasteiger partial charge is 0.391 e. The van der Waals surface area contributed by atoms with Crippen LogP contribution in [0.1, 0.15) is 62.5 Å². The van der Waals surface area contributed by atoms with Crippen LogP contribution in [0.5, 0.6) is 0 Å². The molecule has 3 atom stereocenters. The predicted molar refractivity (Wildman–Crippen MR) is 112 cm³/mol. The van der Waals surface area contributed by atoms with Gasteiger partial charge in [-0.15, -0.1) is 5.10 Å². The Hall–Kier alpha value is -2.74. The SMILES string of the molecule is Cc1nc([C@H]2CC[C@@H](O)[C@H](NC(=O)C3CCCC3)C2)n(-c2nc3ccccc3[nH]2)n1. The first-order valence-corrected chi connectivity index (χ1v) is 11.0. The van der Waals surface area contributed by atoms with E-state index in [9.17, 15) is 9.90 Å². The summed E-state index contributed by atoms with van der Waals surface area (Å²) >= 11 is 0. The second-order valence-corrected chi connectivity index (χ2v) is 8.68. The lowest BCUT2D eigenvalue weighted by Crippen LogP contribution is -2.48. The summed E-state index contributed by atoms with van der Waals surface area (Å²) in [4.78, 5) is 25.3. The summed E-state index contributed by atoms with van der Waals surface area (Å²) in [6, 6.07) is 7.63. The van der Waals surface area contributed by atoms with Gasteiger partial charge in [-0.05, 0) is 51.2 Å². The van der Waals surface area contributed by atoms with E-state index >= 15 is 0 Å². The van der Waals surface area contributed by atoms with Gasteiger partial charge in [-0.25, -0.2) is 9.97 Å². The number of carbonyl (C=O) groups excluding carboxylic acids is 1. The number of aromatic amines is 1. The van der Waals surface area contributed by atoms with Gasteiger partial charge < -0.3 is 15.4 Å². The summed E-state index contributed by atoms with van der Waals surface area (Å²) in [5, 5.41) is 18.2. The number of nitrogens with zero attached hydrogens (tertiary/aromatic N) is 4. The van der Waals surface area contributed by atoms with Gasteiger partial charge in [0.05, 0.1) is 23.2 Å². The Morgan fingerprint density at radius 1 is 1.17 bits per heavy atom. The number of para-hydroxylation sites is 2. The van der Waals surface area contributed by atoms with Gasteiger partial charge in [0.1, 0.15) is 11.6 Å². The quantitative estimate of drug-likeness (QED) is 0.615. The first kappa shape index (κ1) is 19.2. The zero-order chi connectivity index (χ0) is 20.7. The second-order valence-electron chi connectivity index (χ2n) is 8.68. The fraction of sp³-hybridized carbons (Fsp3) is 0.545. The molecule has 3 N–H and O–H groups in total. The van der Waals surface area contributed by atoms with E-state index in [2.05, 4.69) is 20.4 Å². The third-order valence-electron chi connectivity index (χ3n) is 6.55. The van der Waals surface area contributed by atoms with Crippen LogP contribution in [-0.4, -0.2) is 47.9 Å². The number of benzene rings is 1. The van der Waals surface area contributed by atoms with Crippen molar-refractivity contribution in [3.05, 3.63) is 35.9 Å². The number of carbonyl (C=O) groups is 1.